The molecule has 0 saturated heterocycles. The molecule has 4 heteroatoms. The van der Waals surface area contributed by atoms with Gasteiger partial charge in [-0.2, -0.15) is 4.39 Å². The van der Waals surface area contributed by atoms with Gasteiger partial charge in [0.25, 0.3) is 0 Å². The second-order valence-electron chi connectivity index (χ2n) is 1.61. The molecule has 1 aromatic rings. The first kappa shape index (κ1) is 7.28. The highest BCUT2D eigenvalue weighted by Gasteiger charge is 2.10. The molecule has 0 bridgehead atoms. The molecule has 0 aliphatic heterocycles. The van der Waals surface area contributed by atoms with E-state index in [4.69, 9.17) is 16.7 Å². The van der Waals surface area contributed by atoms with Crippen LogP contribution in [-0.2, 0) is 0 Å². The van der Waals surface area contributed by atoms with E-state index in [-0.39, 0.29) is 5.02 Å². The van der Waals surface area contributed by atoms with E-state index in [1.54, 1.807) is 0 Å². The van der Waals surface area contributed by atoms with Gasteiger partial charge in [0.15, 0.2) is 11.6 Å². The summed E-state index contributed by atoms with van der Waals surface area (Å²) in [7, 11) is 0. The van der Waals surface area contributed by atoms with Crippen LogP contribution in [-0.4, -0.2) is 5.11 Å². The van der Waals surface area contributed by atoms with Crippen molar-refractivity contribution in [2.45, 2.75) is 0 Å². The quantitative estimate of drug-likeness (QED) is 0.581. The number of rotatable bonds is 0. The summed E-state index contributed by atoms with van der Waals surface area (Å²) in [6, 6.07) is 2.83. The Bertz CT molecular complexity index is 235. The molecule has 0 aromatic heterocycles. The Labute approximate surface area is 60.9 Å². The highest BCUT2D eigenvalue weighted by molar-refractivity contribution is 6.31. The van der Waals surface area contributed by atoms with Gasteiger partial charge in [-0.15, -0.1) is 0 Å². The molecule has 0 fully saturated rings. The molecular formula is C6H2ClF2O. The molecule has 1 N–H and O–H groups in total. The molecule has 0 aliphatic carbocycles. The molecule has 0 unspecified atom stereocenters. The summed E-state index contributed by atoms with van der Waals surface area (Å²) in [5.74, 6) is -3.48. The van der Waals surface area contributed by atoms with E-state index >= 15 is 0 Å². The van der Waals surface area contributed by atoms with Crippen molar-refractivity contribution in [3.05, 3.63) is 28.8 Å². The lowest BCUT2D eigenvalue weighted by Gasteiger charge is -1.96. The first-order chi connectivity index (χ1) is 4.63. The minimum atomic E-state index is -1.37. The normalized spacial score (nSPS) is 9.90. The minimum absolute atomic E-state index is 0.251. The molecule has 0 aliphatic rings. The fourth-order valence-corrected chi connectivity index (χ4v) is 0.605. The third-order valence-corrected chi connectivity index (χ3v) is 1.24. The maximum atomic E-state index is 12.3. The number of halogens is 3. The summed E-state index contributed by atoms with van der Waals surface area (Å²) < 4.78 is 24.4. The van der Waals surface area contributed by atoms with Gasteiger partial charge in [0.2, 0.25) is 5.82 Å². The number of hydrogen-bond acceptors (Lipinski definition) is 1. The largest absolute Gasteiger partial charge is 0.504 e. The van der Waals surface area contributed by atoms with Crippen molar-refractivity contribution in [1.29, 1.82) is 0 Å². The van der Waals surface area contributed by atoms with Gasteiger partial charge in [-0.1, -0.05) is 11.6 Å². The molecule has 53 valence electrons. The van der Waals surface area contributed by atoms with Crippen LogP contribution in [0.1, 0.15) is 0 Å². The molecular weight excluding hydrogens is 162 g/mol. The summed E-state index contributed by atoms with van der Waals surface area (Å²) in [6.07, 6.45) is 0. The Morgan fingerprint density at radius 1 is 1.50 bits per heavy atom. The lowest BCUT2D eigenvalue weighted by atomic mass is 10.3. The van der Waals surface area contributed by atoms with Crippen LogP contribution in [0.2, 0.25) is 5.02 Å². The van der Waals surface area contributed by atoms with E-state index in [1.165, 1.54) is 0 Å². The van der Waals surface area contributed by atoms with Crippen molar-refractivity contribution in [1.82, 2.24) is 0 Å². The summed E-state index contributed by atoms with van der Waals surface area (Å²) in [4.78, 5) is 0. The van der Waals surface area contributed by atoms with Crippen molar-refractivity contribution in [2.75, 3.05) is 0 Å². The zero-order valence-electron chi connectivity index (χ0n) is 4.66. The van der Waals surface area contributed by atoms with Crippen LogP contribution in [0.15, 0.2) is 6.07 Å². The average molecular weight is 164 g/mol. The van der Waals surface area contributed by atoms with Crippen LogP contribution >= 0.6 is 11.6 Å². The summed E-state index contributed by atoms with van der Waals surface area (Å²) in [5.41, 5.74) is 0. The number of phenolic OH excluding ortho intramolecular Hbond substituents is 1. The van der Waals surface area contributed by atoms with Crippen molar-refractivity contribution < 1.29 is 13.9 Å². The molecule has 1 nitrogen and oxygen atoms in total. The molecule has 1 aromatic carbocycles. The van der Waals surface area contributed by atoms with E-state index in [9.17, 15) is 8.78 Å². The second-order valence-corrected chi connectivity index (χ2v) is 2.02. The summed E-state index contributed by atoms with van der Waals surface area (Å²) in [5, 5.41) is 8.37. The standard InChI is InChI=1S/C6H2ClF2O/c7-3-1-2-4(8)5(9)6(3)10/h1,10H. The van der Waals surface area contributed by atoms with E-state index in [2.05, 4.69) is 0 Å². The zero-order chi connectivity index (χ0) is 7.72. The summed E-state index contributed by atoms with van der Waals surface area (Å²) in [6.45, 7) is 0. The number of aromatic hydroxyl groups is 1. The van der Waals surface area contributed by atoms with Gasteiger partial charge in [0.1, 0.15) is 0 Å². The Balaban J connectivity index is 3.34. The molecule has 10 heavy (non-hydrogen) atoms. The Kier molecular flexibility index (Phi) is 1.76. The van der Waals surface area contributed by atoms with Crippen LogP contribution in [0, 0.1) is 17.7 Å². The van der Waals surface area contributed by atoms with Crippen molar-refractivity contribution in [3.63, 3.8) is 0 Å². The average Bonchev–Trinajstić information content (AvgIpc) is 1.93. The van der Waals surface area contributed by atoms with Crippen LogP contribution in [0.25, 0.3) is 0 Å². The minimum Gasteiger partial charge on any atom is -0.504 e. The number of hydrogen-bond donors (Lipinski definition) is 1. The lowest BCUT2D eigenvalue weighted by Crippen LogP contribution is -1.84. The van der Waals surface area contributed by atoms with E-state index in [0.717, 1.165) is 6.07 Å². The van der Waals surface area contributed by atoms with Gasteiger partial charge in [-0.3, -0.25) is 0 Å². The topological polar surface area (TPSA) is 20.2 Å². The van der Waals surface area contributed by atoms with Crippen LogP contribution in [0.4, 0.5) is 8.78 Å². The highest BCUT2D eigenvalue weighted by Crippen LogP contribution is 2.26. The Morgan fingerprint density at radius 2 is 2.10 bits per heavy atom. The maximum absolute atomic E-state index is 12.3. The molecule has 1 radical (unpaired) electrons. The van der Waals surface area contributed by atoms with Gasteiger partial charge < -0.3 is 5.11 Å². The monoisotopic (exact) mass is 163 g/mol. The van der Waals surface area contributed by atoms with Gasteiger partial charge in [0, 0.05) is 6.07 Å². The molecule has 0 amide bonds. The predicted molar refractivity (Wildman–Crippen MR) is 31.9 cm³/mol. The summed E-state index contributed by atoms with van der Waals surface area (Å²) >= 11 is 5.20. The molecule has 0 saturated carbocycles. The predicted octanol–water partition coefficient (Wildman–Crippen LogP) is 2.12. The second kappa shape index (κ2) is 2.42. The molecule has 1 rings (SSSR count). The highest BCUT2D eigenvalue weighted by atomic mass is 35.5. The van der Waals surface area contributed by atoms with Gasteiger partial charge in [0.05, 0.1) is 5.02 Å². The van der Waals surface area contributed by atoms with E-state index < -0.39 is 17.4 Å². The first-order valence-corrected chi connectivity index (χ1v) is 2.75. The fourth-order valence-electron chi connectivity index (χ4n) is 0.467. The van der Waals surface area contributed by atoms with Gasteiger partial charge >= 0.3 is 0 Å². The van der Waals surface area contributed by atoms with E-state index in [0.29, 0.717) is 0 Å². The molecule has 0 heterocycles. The van der Waals surface area contributed by atoms with Crippen LogP contribution in [0.3, 0.4) is 0 Å². The number of phenols is 1. The van der Waals surface area contributed by atoms with Crippen LogP contribution < -0.4 is 0 Å². The fraction of sp³-hybridized carbons (Fsp3) is 0. The SMILES string of the molecule is Oc1c(Cl)c[c]c(F)c1F. The van der Waals surface area contributed by atoms with Crippen molar-refractivity contribution in [2.24, 2.45) is 0 Å². The smallest absolute Gasteiger partial charge is 0.202 e. The first-order valence-electron chi connectivity index (χ1n) is 2.37. The molecule has 0 atom stereocenters. The van der Waals surface area contributed by atoms with Gasteiger partial charge in [-0.25, -0.2) is 4.39 Å². The maximum Gasteiger partial charge on any atom is 0.202 e. The zero-order valence-corrected chi connectivity index (χ0v) is 5.41. The van der Waals surface area contributed by atoms with Crippen LogP contribution in [0.5, 0.6) is 5.75 Å². The van der Waals surface area contributed by atoms with Crippen molar-refractivity contribution >= 4 is 11.6 Å². The molecule has 0 spiro atoms. The van der Waals surface area contributed by atoms with E-state index in [1.807, 2.05) is 6.07 Å². The van der Waals surface area contributed by atoms with Crippen molar-refractivity contribution in [3.8, 4) is 5.75 Å². The number of benzene rings is 1. The van der Waals surface area contributed by atoms with Gasteiger partial charge in [-0.05, 0) is 6.07 Å². The lowest BCUT2D eigenvalue weighted by molar-refractivity contribution is 0.407. The Morgan fingerprint density at radius 3 is 2.60 bits per heavy atom. The Hall–Kier alpha value is -0.830. The third-order valence-electron chi connectivity index (χ3n) is 0.952. The third kappa shape index (κ3) is 1.04.